The molecule has 0 radical (unpaired) electrons. The van der Waals surface area contributed by atoms with Crippen molar-refractivity contribution in [2.75, 3.05) is 7.11 Å². The van der Waals surface area contributed by atoms with Crippen LogP contribution in [0.25, 0.3) is 22.1 Å². The van der Waals surface area contributed by atoms with Crippen LogP contribution in [0.15, 0.2) is 46.9 Å². The molecule has 0 spiro atoms. The van der Waals surface area contributed by atoms with Gasteiger partial charge in [0.05, 0.1) is 13.2 Å². The summed E-state index contributed by atoms with van der Waals surface area (Å²) in [6.07, 6.45) is -1.64. The van der Waals surface area contributed by atoms with Crippen molar-refractivity contribution in [3.63, 3.8) is 0 Å². The first-order chi connectivity index (χ1) is 12.5. The predicted molar refractivity (Wildman–Crippen MR) is 93.0 cm³/mol. The maximum absolute atomic E-state index is 13.4. The van der Waals surface area contributed by atoms with Crippen molar-refractivity contribution in [3.05, 3.63) is 59.4 Å². The Balaban J connectivity index is 2.07. The van der Waals surface area contributed by atoms with Crippen LogP contribution in [0.1, 0.15) is 16.9 Å². The summed E-state index contributed by atoms with van der Waals surface area (Å²) in [7, 11) is 1.57. The molecule has 0 saturated heterocycles. The maximum Gasteiger partial charge on any atom is 0.435 e. The molecule has 3 aromatic rings. The molecule has 7 heteroatoms. The third kappa shape index (κ3) is 3.68. The Morgan fingerprint density at radius 2 is 2.04 bits per heavy atom. The molecule has 0 saturated carbocycles. The summed E-state index contributed by atoms with van der Waals surface area (Å²) >= 11 is 0. The number of carboxylic acid groups (broad SMARTS) is 1. The monoisotopic (exact) mass is 359 g/mol. The first-order valence-electron chi connectivity index (χ1n) is 7.92. The minimum absolute atomic E-state index is 0.134. The lowest BCUT2D eigenvalue weighted by molar-refractivity contribution is 0.0250. The van der Waals surface area contributed by atoms with Crippen molar-refractivity contribution < 1.29 is 28.6 Å². The van der Waals surface area contributed by atoms with E-state index in [1.165, 1.54) is 0 Å². The van der Waals surface area contributed by atoms with E-state index >= 15 is 0 Å². The van der Waals surface area contributed by atoms with Gasteiger partial charge in [0.25, 0.3) is 0 Å². The smallest absolute Gasteiger partial charge is 0.435 e. The molecule has 136 valence electrons. The molecule has 0 aliphatic heterocycles. The fourth-order valence-corrected chi connectivity index (χ4v) is 2.85. The fraction of sp³-hybridized carbons (Fsp3) is 0.211. The van der Waals surface area contributed by atoms with Crippen molar-refractivity contribution in [2.24, 2.45) is 0 Å². The molecule has 0 atom stereocenters. The van der Waals surface area contributed by atoms with E-state index < -0.39 is 6.09 Å². The zero-order valence-corrected chi connectivity index (χ0v) is 14.1. The second-order valence-corrected chi connectivity index (χ2v) is 5.87. The van der Waals surface area contributed by atoms with Crippen LogP contribution in [0.3, 0.4) is 0 Å². The van der Waals surface area contributed by atoms with E-state index in [0.717, 1.165) is 16.5 Å². The molecule has 3 rings (SSSR count). The van der Waals surface area contributed by atoms with Crippen LogP contribution in [0.4, 0.5) is 9.28 Å². The van der Waals surface area contributed by atoms with E-state index in [2.05, 4.69) is 0 Å². The molecule has 6 nitrogen and oxygen atoms in total. The number of carbonyl (C=O) groups is 1. The number of methoxy groups -OCH3 is 1. The third-order valence-electron chi connectivity index (χ3n) is 3.96. The van der Waals surface area contributed by atoms with Crippen molar-refractivity contribution in [1.29, 1.82) is 0 Å². The van der Waals surface area contributed by atoms with E-state index in [1.807, 2.05) is 18.2 Å². The second-order valence-electron chi connectivity index (χ2n) is 5.87. The molecule has 0 bridgehead atoms. The second kappa shape index (κ2) is 7.55. The SMILES string of the molecule is COCc1cc2cc(CO)cc(-c3cccc(CN(F)C(=O)O)c3)c2o1. The first kappa shape index (κ1) is 17.9. The molecule has 1 heterocycles. The van der Waals surface area contributed by atoms with E-state index in [0.29, 0.717) is 29.1 Å². The van der Waals surface area contributed by atoms with Gasteiger partial charge in [-0.05, 0) is 41.0 Å². The number of ether oxygens (including phenoxy) is 1. The number of benzene rings is 2. The highest BCUT2D eigenvalue weighted by Gasteiger charge is 2.15. The minimum atomic E-state index is -1.64. The number of amides is 1. The van der Waals surface area contributed by atoms with Crippen LogP contribution < -0.4 is 0 Å². The van der Waals surface area contributed by atoms with E-state index in [1.54, 1.807) is 31.4 Å². The molecule has 1 amide bonds. The summed E-state index contributed by atoms with van der Waals surface area (Å²) in [5, 5.41) is 18.8. The molecule has 26 heavy (non-hydrogen) atoms. The van der Waals surface area contributed by atoms with Gasteiger partial charge in [-0.3, -0.25) is 0 Å². The first-order valence-corrected chi connectivity index (χ1v) is 7.92. The Morgan fingerprint density at radius 1 is 1.23 bits per heavy atom. The average Bonchev–Trinajstić information content (AvgIpc) is 3.03. The third-order valence-corrected chi connectivity index (χ3v) is 3.96. The largest absolute Gasteiger partial charge is 0.463 e. The predicted octanol–water partition coefficient (Wildman–Crippen LogP) is 4.10. The summed E-state index contributed by atoms with van der Waals surface area (Å²) in [6.45, 7) is -0.193. The van der Waals surface area contributed by atoms with E-state index in [4.69, 9.17) is 14.3 Å². The molecule has 0 aliphatic rings. The van der Waals surface area contributed by atoms with Gasteiger partial charge in [-0.2, -0.15) is 0 Å². The van der Waals surface area contributed by atoms with Crippen molar-refractivity contribution in [3.8, 4) is 11.1 Å². The highest BCUT2D eigenvalue weighted by atomic mass is 19.2. The lowest BCUT2D eigenvalue weighted by Gasteiger charge is -2.10. The fourth-order valence-electron chi connectivity index (χ4n) is 2.85. The molecule has 2 aromatic carbocycles. The summed E-state index contributed by atoms with van der Waals surface area (Å²) < 4.78 is 24.3. The lowest BCUT2D eigenvalue weighted by Crippen LogP contribution is -2.19. The molecule has 2 N–H and O–H groups in total. The van der Waals surface area contributed by atoms with Crippen LogP contribution in [-0.2, 0) is 24.5 Å². The van der Waals surface area contributed by atoms with Gasteiger partial charge in [-0.25, -0.2) is 4.79 Å². The van der Waals surface area contributed by atoms with E-state index in [-0.39, 0.29) is 18.3 Å². The highest BCUT2D eigenvalue weighted by molar-refractivity contribution is 5.93. The Kier molecular flexibility index (Phi) is 5.20. The zero-order chi connectivity index (χ0) is 18.7. The number of hydrogen-bond acceptors (Lipinski definition) is 4. The molecular formula is C19H18FNO5. The number of nitrogens with zero attached hydrogens (tertiary/aromatic N) is 1. The summed E-state index contributed by atoms with van der Waals surface area (Å²) in [5.74, 6) is 0.649. The van der Waals surface area contributed by atoms with Gasteiger partial charge in [-0.1, -0.05) is 22.7 Å². The van der Waals surface area contributed by atoms with Crippen LogP contribution in [0, 0.1) is 0 Å². The number of hydrogen-bond donors (Lipinski definition) is 2. The Labute approximate surface area is 149 Å². The maximum atomic E-state index is 13.4. The van der Waals surface area contributed by atoms with Crippen molar-refractivity contribution in [2.45, 2.75) is 19.8 Å². The van der Waals surface area contributed by atoms with Crippen LogP contribution in [-0.4, -0.2) is 28.5 Å². The van der Waals surface area contributed by atoms with Crippen LogP contribution in [0.2, 0.25) is 0 Å². The van der Waals surface area contributed by atoms with Crippen LogP contribution >= 0.6 is 0 Å². The minimum Gasteiger partial charge on any atom is -0.463 e. The number of halogens is 1. The number of rotatable bonds is 6. The summed E-state index contributed by atoms with van der Waals surface area (Å²) in [4.78, 5) is 10.7. The summed E-state index contributed by atoms with van der Waals surface area (Å²) in [6, 6.07) is 12.4. The molecular weight excluding hydrogens is 341 g/mol. The number of aliphatic hydroxyl groups excluding tert-OH is 1. The van der Waals surface area contributed by atoms with Gasteiger partial charge in [0, 0.05) is 18.1 Å². The van der Waals surface area contributed by atoms with Gasteiger partial charge in [0.1, 0.15) is 18.0 Å². The number of aliphatic hydroxyl groups is 1. The highest BCUT2D eigenvalue weighted by Crippen LogP contribution is 2.33. The van der Waals surface area contributed by atoms with Crippen molar-refractivity contribution >= 4 is 17.1 Å². The van der Waals surface area contributed by atoms with Crippen LogP contribution in [0.5, 0.6) is 0 Å². The molecule has 1 aromatic heterocycles. The Bertz CT molecular complexity index is 937. The standard InChI is InChI=1S/C19H18FNO5/c1-25-11-16-8-15-6-13(10-22)7-17(18(15)26-16)14-4-2-3-12(5-14)9-21(20)19(23)24/h2-8,22H,9-11H2,1H3,(H,23,24). The Hall–Kier alpha value is -2.90. The summed E-state index contributed by atoms with van der Waals surface area (Å²) in [5.41, 5.74) is 3.30. The number of fused-ring (bicyclic) bond motifs is 1. The molecule has 0 aliphatic carbocycles. The topological polar surface area (TPSA) is 83.1 Å². The normalized spacial score (nSPS) is 11.0. The van der Waals surface area contributed by atoms with Gasteiger partial charge < -0.3 is 19.4 Å². The number of furan rings is 1. The molecule has 0 unspecified atom stereocenters. The van der Waals surface area contributed by atoms with E-state index in [9.17, 15) is 14.4 Å². The average molecular weight is 359 g/mol. The van der Waals surface area contributed by atoms with Gasteiger partial charge in [0.15, 0.2) is 0 Å². The lowest BCUT2D eigenvalue weighted by atomic mass is 9.99. The van der Waals surface area contributed by atoms with Crippen molar-refractivity contribution in [1.82, 2.24) is 5.12 Å². The quantitative estimate of drug-likeness (QED) is 0.648. The van der Waals surface area contributed by atoms with Gasteiger partial charge >= 0.3 is 6.09 Å². The molecule has 0 fully saturated rings. The van der Waals surface area contributed by atoms with Gasteiger partial charge in [0.2, 0.25) is 0 Å². The van der Waals surface area contributed by atoms with Gasteiger partial charge in [-0.15, -0.1) is 5.12 Å². The zero-order valence-electron chi connectivity index (χ0n) is 14.1. The Morgan fingerprint density at radius 3 is 2.73 bits per heavy atom.